The molecule has 0 unspecified atom stereocenters. The van der Waals surface area contributed by atoms with Crippen LogP contribution in [0.2, 0.25) is 0 Å². The molecule has 10 nitrogen and oxygen atoms in total. The molecule has 11 heteroatoms. The van der Waals surface area contributed by atoms with Crippen LogP contribution in [-0.2, 0) is 10.0 Å². The van der Waals surface area contributed by atoms with E-state index < -0.39 is 20.9 Å². The Balaban J connectivity index is 1.79. The number of amides is 1. The van der Waals surface area contributed by atoms with Gasteiger partial charge in [0.15, 0.2) is 0 Å². The minimum Gasteiger partial charge on any atom is -0.318 e. The molecule has 1 heterocycles. The van der Waals surface area contributed by atoms with Gasteiger partial charge in [-0.05, 0) is 50.2 Å². The number of non-ortho nitro benzene ring substituents is 1. The smallest absolute Gasteiger partial charge is 0.271 e. The fourth-order valence-electron chi connectivity index (χ4n) is 3.09. The van der Waals surface area contributed by atoms with E-state index in [1.807, 2.05) is 24.5 Å². The van der Waals surface area contributed by atoms with Gasteiger partial charge in [0.25, 0.3) is 11.6 Å². The second kappa shape index (κ2) is 8.50. The summed E-state index contributed by atoms with van der Waals surface area (Å²) in [4.78, 5) is 22.5. The summed E-state index contributed by atoms with van der Waals surface area (Å²) in [6, 6.07) is 13.3. The van der Waals surface area contributed by atoms with E-state index in [1.165, 1.54) is 42.6 Å². The van der Waals surface area contributed by atoms with Gasteiger partial charge in [0.2, 0.25) is 10.0 Å². The Bertz CT molecular complexity index is 1290. The number of hydrazone groups is 1. The van der Waals surface area contributed by atoms with Crippen molar-refractivity contribution in [2.24, 2.45) is 10.2 Å². The van der Waals surface area contributed by atoms with Crippen LogP contribution in [-0.4, -0.2) is 30.0 Å². The van der Waals surface area contributed by atoms with Gasteiger partial charge in [-0.3, -0.25) is 14.9 Å². The number of sulfonamides is 1. The van der Waals surface area contributed by atoms with Gasteiger partial charge in [-0.1, -0.05) is 6.07 Å². The lowest BCUT2D eigenvalue weighted by Crippen LogP contribution is -2.17. The van der Waals surface area contributed by atoms with Crippen molar-refractivity contribution in [1.29, 1.82) is 0 Å². The first kappa shape index (κ1) is 21.9. The summed E-state index contributed by atoms with van der Waals surface area (Å²) in [6.45, 7) is 3.73. The Morgan fingerprint density at radius 2 is 1.84 bits per heavy atom. The van der Waals surface area contributed by atoms with Crippen molar-refractivity contribution in [3.8, 4) is 5.69 Å². The zero-order valence-corrected chi connectivity index (χ0v) is 17.5. The van der Waals surface area contributed by atoms with Crippen molar-refractivity contribution in [3.63, 3.8) is 0 Å². The highest BCUT2D eigenvalue weighted by Gasteiger charge is 2.13. The number of rotatable bonds is 6. The fraction of sp³-hybridized carbons (Fsp3) is 0.100. The lowest BCUT2D eigenvalue weighted by Gasteiger charge is -2.10. The molecule has 160 valence electrons. The number of carbonyl (C=O) groups is 1. The Hall–Kier alpha value is -3.83. The van der Waals surface area contributed by atoms with Crippen LogP contribution >= 0.6 is 0 Å². The van der Waals surface area contributed by atoms with E-state index in [9.17, 15) is 23.3 Å². The van der Waals surface area contributed by atoms with E-state index in [1.54, 1.807) is 12.1 Å². The molecule has 3 rings (SSSR count). The standard InChI is InChI=1S/C20H19N5O5S/c1-13-10-16(12-22-23-20(26)15-4-3-5-18(11-15)25(27)28)14(2)24(13)17-6-8-19(9-7-17)31(21,29)30/h3-12H,1-2H3,(H,23,26)(H2,21,29,30)/b22-12-. The summed E-state index contributed by atoms with van der Waals surface area (Å²) < 4.78 is 24.8. The molecular formula is C20H19N5O5S. The first-order chi connectivity index (χ1) is 14.6. The van der Waals surface area contributed by atoms with Crippen molar-refractivity contribution < 1.29 is 18.1 Å². The van der Waals surface area contributed by atoms with Crippen LogP contribution in [0.5, 0.6) is 0 Å². The minimum absolute atomic E-state index is 0.0179. The van der Waals surface area contributed by atoms with Crippen LogP contribution in [0.4, 0.5) is 5.69 Å². The molecule has 0 aliphatic carbocycles. The van der Waals surface area contributed by atoms with Crippen LogP contribution in [0, 0.1) is 24.0 Å². The lowest BCUT2D eigenvalue weighted by atomic mass is 10.2. The van der Waals surface area contributed by atoms with Crippen molar-refractivity contribution in [2.45, 2.75) is 18.7 Å². The molecule has 0 atom stereocenters. The second-order valence-corrected chi connectivity index (χ2v) is 8.27. The highest BCUT2D eigenvalue weighted by Crippen LogP contribution is 2.21. The summed E-state index contributed by atoms with van der Waals surface area (Å²) >= 11 is 0. The molecule has 2 aromatic carbocycles. The van der Waals surface area contributed by atoms with Crippen molar-refractivity contribution >= 4 is 27.8 Å². The van der Waals surface area contributed by atoms with E-state index in [2.05, 4.69) is 10.5 Å². The molecule has 0 spiro atoms. The highest BCUT2D eigenvalue weighted by atomic mass is 32.2. The third kappa shape index (κ3) is 4.85. The fourth-order valence-corrected chi connectivity index (χ4v) is 3.60. The maximum absolute atomic E-state index is 12.2. The molecule has 0 radical (unpaired) electrons. The zero-order chi connectivity index (χ0) is 22.8. The number of nitrogens with zero attached hydrogens (tertiary/aromatic N) is 3. The van der Waals surface area contributed by atoms with Crippen LogP contribution in [0.3, 0.4) is 0 Å². The zero-order valence-electron chi connectivity index (χ0n) is 16.6. The predicted octanol–water partition coefficient (Wildman–Crippen LogP) is 2.41. The van der Waals surface area contributed by atoms with Crippen LogP contribution in [0.15, 0.2) is 64.6 Å². The van der Waals surface area contributed by atoms with E-state index in [0.717, 1.165) is 22.6 Å². The number of nitrogens with one attached hydrogen (secondary N) is 1. The number of carbonyl (C=O) groups excluding carboxylic acids is 1. The third-order valence-corrected chi connectivity index (χ3v) is 5.51. The largest absolute Gasteiger partial charge is 0.318 e. The molecule has 0 aliphatic heterocycles. The summed E-state index contributed by atoms with van der Waals surface area (Å²) in [7, 11) is -3.78. The quantitative estimate of drug-likeness (QED) is 0.342. The number of nitro benzene ring substituents is 1. The monoisotopic (exact) mass is 441 g/mol. The minimum atomic E-state index is -3.78. The SMILES string of the molecule is Cc1cc(/C=N\NC(=O)c2cccc([N+](=O)[O-])c2)c(C)n1-c1ccc(S(N)(=O)=O)cc1. The molecule has 0 aliphatic rings. The molecule has 31 heavy (non-hydrogen) atoms. The summed E-state index contributed by atoms with van der Waals surface area (Å²) in [5.41, 5.74) is 5.43. The van der Waals surface area contributed by atoms with Crippen molar-refractivity contribution in [2.75, 3.05) is 0 Å². The average molecular weight is 441 g/mol. The lowest BCUT2D eigenvalue weighted by molar-refractivity contribution is -0.384. The Morgan fingerprint density at radius 1 is 1.16 bits per heavy atom. The number of aryl methyl sites for hydroxylation is 1. The number of nitro groups is 1. The van der Waals surface area contributed by atoms with Crippen molar-refractivity contribution in [3.05, 3.63) is 87.2 Å². The highest BCUT2D eigenvalue weighted by molar-refractivity contribution is 7.89. The number of nitrogens with two attached hydrogens (primary N) is 1. The van der Waals surface area contributed by atoms with E-state index in [0.29, 0.717) is 0 Å². The van der Waals surface area contributed by atoms with Gasteiger partial charge in [-0.25, -0.2) is 19.0 Å². The third-order valence-electron chi connectivity index (χ3n) is 4.58. The van der Waals surface area contributed by atoms with Gasteiger partial charge in [0.05, 0.1) is 16.0 Å². The maximum atomic E-state index is 12.2. The van der Waals surface area contributed by atoms with Crippen LogP contribution in [0.1, 0.15) is 27.3 Å². The number of aromatic nitrogens is 1. The molecule has 3 aromatic rings. The summed E-state index contributed by atoms with van der Waals surface area (Å²) in [5.74, 6) is -0.577. The normalized spacial score (nSPS) is 11.6. The average Bonchev–Trinajstić information content (AvgIpc) is 3.00. The number of benzene rings is 2. The molecule has 0 saturated heterocycles. The van der Waals surface area contributed by atoms with E-state index in [4.69, 9.17) is 5.14 Å². The first-order valence-corrected chi connectivity index (χ1v) is 10.5. The van der Waals surface area contributed by atoms with Gasteiger partial charge in [-0.15, -0.1) is 0 Å². The van der Waals surface area contributed by atoms with Gasteiger partial charge in [0.1, 0.15) is 0 Å². The summed E-state index contributed by atoms with van der Waals surface area (Å²) in [5, 5.41) is 19.9. The Kier molecular flexibility index (Phi) is 5.99. The summed E-state index contributed by atoms with van der Waals surface area (Å²) in [6.07, 6.45) is 1.47. The van der Waals surface area contributed by atoms with E-state index >= 15 is 0 Å². The Labute approximate surface area is 178 Å². The maximum Gasteiger partial charge on any atom is 0.271 e. The predicted molar refractivity (Wildman–Crippen MR) is 115 cm³/mol. The Morgan fingerprint density at radius 3 is 2.45 bits per heavy atom. The molecule has 0 fully saturated rings. The molecular weight excluding hydrogens is 422 g/mol. The van der Waals surface area contributed by atoms with Crippen LogP contribution in [0.25, 0.3) is 5.69 Å². The molecule has 0 bridgehead atoms. The molecule has 0 saturated carbocycles. The van der Waals surface area contributed by atoms with Crippen molar-refractivity contribution in [1.82, 2.24) is 9.99 Å². The molecule has 1 amide bonds. The number of hydrogen-bond acceptors (Lipinski definition) is 6. The second-order valence-electron chi connectivity index (χ2n) is 6.71. The van der Waals surface area contributed by atoms with Gasteiger partial charge < -0.3 is 4.57 Å². The molecule has 1 aromatic heterocycles. The first-order valence-electron chi connectivity index (χ1n) is 8.98. The van der Waals surface area contributed by atoms with Gasteiger partial charge in [0, 0.05) is 40.3 Å². The van der Waals surface area contributed by atoms with Gasteiger partial charge in [-0.2, -0.15) is 5.10 Å². The molecule has 3 N–H and O–H groups in total. The topological polar surface area (TPSA) is 150 Å². The number of primary sulfonamides is 1. The number of hydrogen-bond donors (Lipinski definition) is 2. The van der Waals surface area contributed by atoms with Gasteiger partial charge >= 0.3 is 0 Å². The van der Waals surface area contributed by atoms with Crippen LogP contribution < -0.4 is 10.6 Å². The van der Waals surface area contributed by atoms with E-state index in [-0.39, 0.29) is 16.1 Å².